The first-order valence-corrected chi connectivity index (χ1v) is 7.21. The molecule has 0 saturated heterocycles. The zero-order chi connectivity index (χ0) is 13.2. The summed E-state index contributed by atoms with van der Waals surface area (Å²) < 4.78 is 0. The minimum Gasteiger partial charge on any atom is -0.255 e. The minimum atomic E-state index is 0.620. The van der Waals surface area contributed by atoms with E-state index in [0.29, 0.717) is 11.8 Å². The summed E-state index contributed by atoms with van der Waals surface area (Å²) in [5.41, 5.74) is 4.73. The lowest BCUT2D eigenvalue weighted by Gasteiger charge is -2.28. The predicted octanol–water partition coefficient (Wildman–Crippen LogP) is 4.53. The van der Waals surface area contributed by atoms with Gasteiger partial charge in [-0.3, -0.25) is 9.97 Å². The van der Waals surface area contributed by atoms with Gasteiger partial charge in [0.05, 0.1) is 11.4 Å². The third-order valence-electron chi connectivity index (χ3n) is 4.24. The second-order valence-corrected chi connectivity index (χ2v) is 5.47. The molecular weight excluding hydrogens is 232 g/mol. The van der Waals surface area contributed by atoms with Gasteiger partial charge < -0.3 is 0 Å². The quantitative estimate of drug-likeness (QED) is 0.784. The first-order valence-electron chi connectivity index (χ1n) is 7.21. The summed E-state index contributed by atoms with van der Waals surface area (Å²) in [6, 6.07) is 10.4. The highest BCUT2D eigenvalue weighted by atomic mass is 14.8. The van der Waals surface area contributed by atoms with Crippen LogP contribution in [0.25, 0.3) is 11.4 Å². The van der Waals surface area contributed by atoms with Crippen molar-refractivity contribution >= 4 is 0 Å². The second kappa shape index (κ2) is 5.12. The molecule has 2 atom stereocenters. The summed E-state index contributed by atoms with van der Waals surface area (Å²) in [7, 11) is 0. The minimum absolute atomic E-state index is 0.620. The molecule has 0 radical (unpaired) electrons. The molecule has 2 heteroatoms. The lowest BCUT2D eigenvalue weighted by atomic mass is 9.79. The van der Waals surface area contributed by atoms with Gasteiger partial charge in [0, 0.05) is 17.8 Å². The molecule has 0 fully saturated rings. The summed E-state index contributed by atoms with van der Waals surface area (Å²) in [5, 5.41) is 0. The maximum atomic E-state index is 4.92. The van der Waals surface area contributed by atoms with Crippen molar-refractivity contribution in [1.29, 1.82) is 0 Å². The van der Waals surface area contributed by atoms with Crippen LogP contribution >= 0.6 is 0 Å². The molecule has 0 N–H and O–H groups in total. The Labute approximate surface area is 114 Å². The molecule has 3 rings (SSSR count). The van der Waals surface area contributed by atoms with Crippen LogP contribution in [-0.4, -0.2) is 9.97 Å². The average Bonchev–Trinajstić information content (AvgIpc) is 2.48. The zero-order valence-corrected chi connectivity index (χ0v) is 11.6. The van der Waals surface area contributed by atoms with E-state index in [9.17, 15) is 0 Å². The topological polar surface area (TPSA) is 25.8 Å². The molecule has 0 amide bonds. The van der Waals surface area contributed by atoms with Crippen molar-refractivity contribution in [3.8, 4) is 11.4 Å². The highest BCUT2D eigenvalue weighted by Gasteiger charge is 2.25. The predicted molar refractivity (Wildman–Crippen MR) is 78.1 cm³/mol. The first kappa shape index (κ1) is 12.3. The zero-order valence-electron chi connectivity index (χ0n) is 11.6. The number of rotatable bonds is 2. The fourth-order valence-corrected chi connectivity index (χ4v) is 3.03. The Balaban J connectivity index is 2.07. The van der Waals surface area contributed by atoms with E-state index in [1.807, 2.05) is 24.4 Å². The number of fused-ring (bicyclic) bond motifs is 1. The van der Waals surface area contributed by atoms with E-state index in [2.05, 4.69) is 31.0 Å². The lowest BCUT2D eigenvalue weighted by molar-refractivity contribution is 0.481. The van der Waals surface area contributed by atoms with E-state index in [1.165, 1.54) is 30.5 Å². The van der Waals surface area contributed by atoms with Gasteiger partial charge >= 0.3 is 0 Å². The number of hydrogen-bond acceptors (Lipinski definition) is 2. The Morgan fingerprint density at radius 3 is 2.74 bits per heavy atom. The fourth-order valence-electron chi connectivity index (χ4n) is 3.03. The van der Waals surface area contributed by atoms with E-state index < -0.39 is 0 Å². The van der Waals surface area contributed by atoms with E-state index in [-0.39, 0.29) is 0 Å². The van der Waals surface area contributed by atoms with Gasteiger partial charge in [0.25, 0.3) is 0 Å². The highest BCUT2D eigenvalue weighted by molar-refractivity contribution is 5.55. The van der Waals surface area contributed by atoms with Crippen LogP contribution in [-0.2, 0) is 0 Å². The van der Waals surface area contributed by atoms with Crippen LogP contribution in [0, 0.1) is 0 Å². The van der Waals surface area contributed by atoms with E-state index >= 15 is 0 Å². The SMILES string of the molecule is CCC1CCC(C)c2ccc(-c3ccccn3)nc21. The molecule has 1 aliphatic carbocycles. The van der Waals surface area contributed by atoms with Crippen molar-refractivity contribution in [2.45, 2.75) is 44.9 Å². The molecule has 0 bridgehead atoms. The molecule has 2 heterocycles. The molecule has 0 aromatic carbocycles. The van der Waals surface area contributed by atoms with Crippen molar-refractivity contribution in [2.24, 2.45) is 0 Å². The van der Waals surface area contributed by atoms with Crippen LogP contribution in [0.4, 0.5) is 0 Å². The summed E-state index contributed by atoms with van der Waals surface area (Å²) in [6.07, 6.45) is 5.56. The van der Waals surface area contributed by atoms with Gasteiger partial charge in [-0.05, 0) is 48.9 Å². The molecule has 1 aliphatic rings. The molecule has 98 valence electrons. The van der Waals surface area contributed by atoms with Crippen LogP contribution in [0.1, 0.15) is 56.2 Å². The van der Waals surface area contributed by atoms with Crippen molar-refractivity contribution in [1.82, 2.24) is 9.97 Å². The van der Waals surface area contributed by atoms with Crippen LogP contribution in [0.15, 0.2) is 36.5 Å². The molecular formula is C17H20N2. The normalized spacial score (nSPS) is 22.0. The van der Waals surface area contributed by atoms with E-state index in [0.717, 1.165) is 11.4 Å². The summed E-state index contributed by atoms with van der Waals surface area (Å²) in [5.74, 6) is 1.26. The number of nitrogens with zero attached hydrogens (tertiary/aromatic N) is 2. The van der Waals surface area contributed by atoms with Crippen molar-refractivity contribution < 1.29 is 0 Å². The van der Waals surface area contributed by atoms with Gasteiger partial charge in [0.15, 0.2) is 0 Å². The molecule has 2 aromatic heterocycles. The summed E-state index contributed by atoms with van der Waals surface area (Å²) in [6.45, 7) is 4.58. The summed E-state index contributed by atoms with van der Waals surface area (Å²) >= 11 is 0. The van der Waals surface area contributed by atoms with Crippen molar-refractivity contribution in [3.63, 3.8) is 0 Å². The average molecular weight is 252 g/mol. The largest absolute Gasteiger partial charge is 0.255 e. The molecule has 0 aliphatic heterocycles. The highest BCUT2D eigenvalue weighted by Crippen LogP contribution is 2.39. The van der Waals surface area contributed by atoms with Crippen LogP contribution < -0.4 is 0 Å². The Morgan fingerprint density at radius 2 is 2.00 bits per heavy atom. The molecule has 19 heavy (non-hydrogen) atoms. The number of aromatic nitrogens is 2. The van der Waals surface area contributed by atoms with Crippen LogP contribution in [0.2, 0.25) is 0 Å². The van der Waals surface area contributed by atoms with E-state index in [4.69, 9.17) is 4.98 Å². The Bertz CT molecular complexity index is 563. The van der Waals surface area contributed by atoms with Crippen LogP contribution in [0.3, 0.4) is 0 Å². The lowest BCUT2D eigenvalue weighted by Crippen LogP contribution is -2.14. The van der Waals surface area contributed by atoms with Gasteiger partial charge in [0.2, 0.25) is 0 Å². The number of hydrogen-bond donors (Lipinski definition) is 0. The monoisotopic (exact) mass is 252 g/mol. The van der Waals surface area contributed by atoms with Crippen molar-refractivity contribution in [3.05, 3.63) is 47.8 Å². The van der Waals surface area contributed by atoms with Gasteiger partial charge in [-0.2, -0.15) is 0 Å². The van der Waals surface area contributed by atoms with E-state index in [1.54, 1.807) is 0 Å². The third kappa shape index (κ3) is 2.27. The Hall–Kier alpha value is -1.70. The van der Waals surface area contributed by atoms with Gasteiger partial charge in [-0.25, -0.2) is 0 Å². The van der Waals surface area contributed by atoms with Gasteiger partial charge in [0.1, 0.15) is 0 Å². The molecule has 2 nitrogen and oxygen atoms in total. The van der Waals surface area contributed by atoms with Gasteiger partial charge in [-0.15, -0.1) is 0 Å². The summed E-state index contributed by atoms with van der Waals surface area (Å²) in [4.78, 5) is 9.33. The molecule has 0 spiro atoms. The third-order valence-corrected chi connectivity index (χ3v) is 4.24. The first-order chi connectivity index (χ1) is 9.29. The maximum absolute atomic E-state index is 4.92. The Morgan fingerprint density at radius 1 is 1.11 bits per heavy atom. The number of pyridine rings is 2. The second-order valence-electron chi connectivity index (χ2n) is 5.47. The standard InChI is InChI=1S/C17H20N2/c1-3-13-8-7-12(2)14-9-10-16(19-17(13)14)15-6-4-5-11-18-15/h4-6,9-13H,3,7-8H2,1-2H3. The molecule has 2 unspecified atom stereocenters. The molecule has 0 saturated carbocycles. The fraction of sp³-hybridized carbons (Fsp3) is 0.412. The van der Waals surface area contributed by atoms with Gasteiger partial charge in [-0.1, -0.05) is 26.0 Å². The smallest absolute Gasteiger partial charge is 0.0889 e. The van der Waals surface area contributed by atoms with Crippen LogP contribution in [0.5, 0.6) is 0 Å². The maximum Gasteiger partial charge on any atom is 0.0889 e. The van der Waals surface area contributed by atoms with Crippen molar-refractivity contribution in [2.75, 3.05) is 0 Å². The molecule has 2 aromatic rings. The Kier molecular flexibility index (Phi) is 3.33.